The average Bonchev–Trinajstić information content (AvgIpc) is 2.77. The molecule has 4 heteroatoms. The molecule has 1 aliphatic heterocycles. The fraction of sp³-hybridized carbons (Fsp3) is 0.588. The number of amides is 1. The summed E-state index contributed by atoms with van der Waals surface area (Å²) in [5.41, 5.74) is 1.22. The van der Waals surface area contributed by atoms with Crippen LogP contribution in [0.3, 0.4) is 0 Å². The van der Waals surface area contributed by atoms with E-state index in [-0.39, 0.29) is 11.9 Å². The van der Waals surface area contributed by atoms with Crippen molar-refractivity contribution in [1.29, 1.82) is 0 Å². The quantitative estimate of drug-likeness (QED) is 0.905. The van der Waals surface area contributed by atoms with Crippen molar-refractivity contribution in [3.63, 3.8) is 0 Å². The van der Waals surface area contributed by atoms with E-state index in [0.29, 0.717) is 13.2 Å². The highest BCUT2D eigenvalue weighted by atomic mass is 16.5. The lowest BCUT2D eigenvalue weighted by atomic mass is 10.1. The van der Waals surface area contributed by atoms with Crippen molar-refractivity contribution in [2.24, 2.45) is 0 Å². The highest BCUT2D eigenvalue weighted by Gasteiger charge is 2.22. The predicted molar refractivity (Wildman–Crippen MR) is 84.6 cm³/mol. The minimum absolute atomic E-state index is 0.0168. The Hall–Kier alpha value is -1.55. The van der Waals surface area contributed by atoms with Crippen LogP contribution in [0.4, 0.5) is 0 Å². The van der Waals surface area contributed by atoms with E-state index in [2.05, 4.69) is 12.2 Å². The van der Waals surface area contributed by atoms with Gasteiger partial charge in [0.15, 0.2) is 0 Å². The zero-order valence-corrected chi connectivity index (χ0v) is 13.1. The first-order valence-corrected chi connectivity index (χ1v) is 7.84. The Labute approximate surface area is 127 Å². The zero-order chi connectivity index (χ0) is 15.1. The second-order valence-electron chi connectivity index (χ2n) is 5.78. The third-order valence-corrected chi connectivity index (χ3v) is 3.95. The number of carbonyl (C=O) groups is 1. The predicted octanol–water partition coefficient (Wildman–Crippen LogP) is 2.36. The summed E-state index contributed by atoms with van der Waals surface area (Å²) >= 11 is 0. The van der Waals surface area contributed by atoms with E-state index in [0.717, 1.165) is 25.1 Å². The van der Waals surface area contributed by atoms with E-state index >= 15 is 0 Å². The van der Waals surface area contributed by atoms with Gasteiger partial charge in [0.1, 0.15) is 12.4 Å². The summed E-state index contributed by atoms with van der Waals surface area (Å²) in [6.45, 7) is 4.14. The Kier molecular flexibility index (Phi) is 6.05. The van der Waals surface area contributed by atoms with Gasteiger partial charge in [-0.1, -0.05) is 30.5 Å². The van der Waals surface area contributed by atoms with Crippen LogP contribution in [0.1, 0.15) is 31.2 Å². The maximum absolute atomic E-state index is 12.3. The zero-order valence-electron chi connectivity index (χ0n) is 13.1. The number of hydrogen-bond donors (Lipinski definition) is 1. The molecule has 0 aliphatic carbocycles. The molecule has 1 N–H and O–H groups in total. The first kappa shape index (κ1) is 15.8. The van der Waals surface area contributed by atoms with Crippen molar-refractivity contribution in [3.8, 4) is 5.75 Å². The standard InChI is InChI=1S/C17H26N2O2/c1-14-7-9-15(10-8-14)21-13-12-19(2)17(20)16-6-4-3-5-11-18-16/h7-10,16,18H,3-6,11-13H2,1-2H3. The number of nitrogens with one attached hydrogen (secondary N) is 1. The minimum atomic E-state index is -0.0168. The maximum Gasteiger partial charge on any atom is 0.239 e. The van der Waals surface area contributed by atoms with Gasteiger partial charge in [-0.3, -0.25) is 4.79 Å². The lowest BCUT2D eigenvalue weighted by Gasteiger charge is -2.23. The summed E-state index contributed by atoms with van der Waals surface area (Å²) in [4.78, 5) is 14.1. The molecule has 0 aromatic heterocycles. The highest BCUT2D eigenvalue weighted by Crippen LogP contribution is 2.12. The molecule has 1 atom stereocenters. The molecule has 2 rings (SSSR count). The van der Waals surface area contributed by atoms with Gasteiger partial charge in [-0.05, 0) is 38.4 Å². The van der Waals surface area contributed by atoms with Crippen LogP contribution < -0.4 is 10.1 Å². The third-order valence-electron chi connectivity index (χ3n) is 3.95. The van der Waals surface area contributed by atoms with Crippen molar-refractivity contribution in [3.05, 3.63) is 29.8 Å². The molecule has 0 bridgehead atoms. The molecular weight excluding hydrogens is 264 g/mol. The number of nitrogens with zero attached hydrogens (tertiary/aromatic N) is 1. The van der Waals surface area contributed by atoms with Crippen LogP contribution in [0, 0.1) is 6.92 Å². The van der Waals surface area contributed by atoms with Gasteiger partial charge in [-0.2, -0.15) is 0 Å². The Morgan fingerprint density at radius 2 is 2.05 bits per heavy atom. The van der Waals surface area contributed by atoms with Gasteiger partial charge in [0.05, 0.1) is 12.6 Å². The Morgan fingerprint density at radius 3 is 2.81 bits per heavy atom. The molecule has 116 valence electrons. The molecule has 0 saturated carbocycles. The van der Waals surface area contributed by atoms with Crippen LogP contribution >= 0.6 is 0 Å². The molecule has 1 aliphatic rings. The molecule has 1 fully saturated rings. The van der Waals surface area contributed by atoms with Crippen LogP contribution in [-0.4, -0.2) is 43.6 Å². The van der Waals surface area contributed by atoms with Gasteiger partial charge >= 0.3 is 0 Å². The molecule has 1 aromatic carbocycles. The van der Waals surface area contributed by atoms with Gasteiger partial charge < -0.3 is 15.0 Å². The van der Waals surface area contributed by atoms with Crippen LogP contribution in [0.5, 0.6) is 5.75 Å². The van der Waals surface area contributed by atoms with Crippen molar-refractivity contribution in [1.82, 2.24) is 10.2 Å². The van der Waals surface area contributed by atoms with E-state index in [9.17, 15) is 4.79 Å². The van der Waals surface area contributed by atoms with Crippen molar-refractivity contribution < 1.29 is 9.53 Å². The van der Waals surface area contributed by atoms with Gasteiger partial charge in [0, 0.05) is 7.05 Å². The molecule has 1 saturated heterocycles. The van der Waals surface area contributed by atoms with E-state index in [1.165, 1.54) is 18.4 Å². The fourth-order valence-corrected chi connectivity index (χ4v) is 2.55. The number of rotatable bonds is 5. The van der Waals surface area contributed by atoms with Crippen molar-refractivity contribution in [2.45, 2.75) is 38.6 Å². The molecule has 21 heavy (non-hydrogen) atoms. The summed E-state index contributed by atoms with van der Waals surface area (Å²) in [6, 6.07) is 7.96. The summed E-state index contributed by atoms with van der Waals surface area (Å²) in [5.74, 6) is 1.04. The lowest BCUT2D eigenvalue weighted by Crippen LogP contribution is -2.45. The molecule has 1 aromatic rings. The van der Waals surface area contributed by atoms with Gasteiger partial charge in [0.25, 0.3) is 0 Å². The molecular formula is C17H26N2O2. The van der Waals surface area contributed by atoms with E-state index in [1.807, 2.05) is 31.3 Å². The summed E-state index contributed by atoms with van der Waals surface area (Å²) < 4.78 is 5.68. The minimum Gasteiger partial charge on any atom is -0.492 e. The maximum atomic E-state index is 12.3. The van der Waals surface area contributed by atoms with Crippen molar-refractivity contribution in [2.75, 3.05) is 26.7 Å². The van der Waals surface area contributed by atoms with E-state index in [4.69, 9.17) is 4.74 Å². The van der Waals surface area contributed by atoms with Gasteiger partial charge in [-0.25, -0.2) is 0 Å². The van der Waals surface area contributed by atoms with E-state index in [1.54, 1.807) is 4.90 Å². The first-order chi connectivity index (χ1) is 10.2. The number of likely N-dealkylation sites (N-methyl/N-ethyl adjacent to an activating group) is 1. The lowest BCUT2D eigenvalue weighted by molar-refractivity contribution is -0.132. The molecule has 1 unspecified atom stereocenters. The molecule has 1 heterocycles. The van der Waals surface area contributed by atoms with Gasteiger partial charge in [0.2, 0.25) is 5.91 Å². The molecule has 1 amide bonds. The monoisotopic (exact) mass is 290 g/mol. The molecule has 4 nitrogen and oxygen atoms in total. The number of hydrogen-bond acceptors (Lipinski definition) is 3. The number of carbonyl (C=O) groups excluding carboxylic acids is 1. The first-order valence-electron chi connectivity index (χ1n) is 7.84. The van der Waals surface area contributed by atoms with Crippen LogP contribution in [0.2, 0.25) is 0 Å². The SMILES string of the molecule is Cc1ccc(OCCN(C)C(=O)C2CCCCCN2)cc1. The summed E-state index contributed by atoms with van der Waals surface area (Å²) in [7, 11) is 1.85. The largest absolute Gasteiger partial charge is 0.492 e. The smallest absolute Gasteiger partial charge is 0.239 e. The molecule has 0 radical (unpaired) electrons. The topological polar surface area (TPSA) is 41.6 Å². The van der Waals surface area contributed by atoms with Crippen molar-refractivity contribution >= 4 is 5.91 Å². The summed E-state index contributed by atoms with van der Waals surface area (Å²) in [6.07, 6.45) is 4.47. The highest BCUT2D eigenvalue weighted by molar-refractivity contribution is 5.81. The van der Waals surface area contributed by atoms with Gasteiger partial charge in [-0.15, -0.1) is 0 Å². The second kappa shape index (κ2) is 8.03. The normalized spacial score (nSPS) is 18.9. The average molecular weight is 290 g/mol. The third kappa shape index (κ3) is 5.05. The van der Waals surface area contributed by atoms with Crippen LogP contribution in [-0.2, 0) is 4.79 Å². The van der Waals surface area contributed by atoms with Crippen LogP contribution in [0.25, 0.3) is 0 Å². The Balaban J connectivity index is 1.74. The Morgan fingerprint density at radius 1 is 1.29 bits per heavy atom. The van der Waals surface area contributed by atoms with E-state index < -0.39 is 0 Å². The number of aryl methyl sites for hydroxylation is 1. The fourth-order valence-electron chi connectivity index (χ4n) is 2.55. The Bertz CT molecular complexity index is 437. The molecule has 0 spiro atoms. The summed E-state index contributed by atoms with van der Waals surface area (Å²) in [5, 5.41) is 3.34. The number of benzene rings is 1. The van der Waals surface area contributed by atoms with Crippen LogP contribution in [0.15, 0.2) is 24.3 Å². The number of ether oxygens (including phenoxy) is 1. The second-order valence-corrected chi connectivity index (χ2v) is 5.78.